The lowest BCUT2D eigenvalue weighted by atomic mass is 10.2. The molecule has 7 nitrogen and oxygen atoms in total. The van der Waals surface area contributed by atoms with Gasteiger partial charge < -0.3 is 19.2 Å². The summed E-state index contributed by atoms with van der Waals surface area (Å²) < 4.78 is 38.2. The van der Waals surface area contributed by atoms with Gasteiger partial charge in [0.15, 0.2) is 0 Å². The lowest BCUT2D eigenvalue weighted by Gasteiger charge is -2.10. The van der Waals surface area contributed by atoms with Crippen molar-refractivity contribution >= 4 is 10.0 Å². The van der Waals surface area contributed by atoms with Crippen LogP contribution < -0.4 is 10.5 Å². The van der Waals surface area contributed by atoms with E-state index in [1.165, 1.54) is 6.07 Å². The molecule has 0 bridgehead atoms. The van der Waals surface area contributed by atoms with Crippen LogP contribution in [0.5, 0.6) is 0 Å². The maximum atomic E-state index is 11.0. The molecule has 0 aliphatic carbocycles. The summed E-state index contributed by atoms with van der Waals surface area (Å²) >= 11 is 0. The SMILES string of the molecule is NS(=O)(=O)c1ccc(CNCCCOCC2CCCO2)o1. The Morgan fingerprint density at radius 1 is 1.43 bits per heavy atom. The Hall–Kier alpha value is -0.930. The number of hydrogen-bond acceptors (Lipinski definition) is 6. The number of primary sulfonamides is 1. The zero-order chi connectivity index (χ0) is 15.1. The molecule has 1 saturated heterocycles. The van der Waals surface area contributed by atoms with E-state index in [1.54, 1.807) is 6.07 Å². The standard InChI is InChI=1S/C13H22N2O5S/c14-21(16,17)13-5-4-11(20-13)9-15-6-2-7-18-10-12-3-1-8-19-12/h4-5,12,15H,1-3,6-10H2,(H2,14,16,17). The zero-order valence-electron chi connectivity index (χ0n) is 11.9. The van der Waals surface area contributed by atoms with E-state index in [0.29, 0.717) is 25.5 Å². The number of rotatable bonds is 9. The van der Waals surface area contributed by atoms with Crippen molar-refractivity contribution in [2.24, 2.45) is 5.14 Å². The Kier molecular flexibility index (Phi) is 6.19. The minimum atomic E-state index is -3.76. The first-order valence-electron chi connectivity index (χ1n) is 7.07. The number of nitrogens with one attached hydrogen (secondary N) is 1. The van der Waals surface area contributed by atoms with Gasteiger partial charge in [-0.3, -0.25) is 0 Å². The third kappa shape index (κ3) is 5.76. The van der Waals surface area contributed by atoms with Gasteiger partial charge in [0.05, 0.1) is 19.3 Å². The van der Waals surface area contributed by atoms with Gasteiger partial charge in [-0.2, -0.15) is 0 Å². The summed E-state index contributed by atoms with van der Waals surface area (Å²) in [7, 11) is -3.76. The number of ether oxygens (including phenoxy) is 2. The third-order valence-corrected chi connectivity index (χ3v) is 3.97. The molecule has 1 unspecified atom stereocenters. The smallest absolute Gasteiger partial charge is 0.271 e. The molecule has 3 N–H and O–H groups in total. The summed E-state index contributed by atoms with van der Waals surface area (Å²) in [6, 6.07) is 2.96. The summed E-state index contributed by atoms with van der Waals surface area (Å²) in [5.41, 5.74) is 0. The zero-order valence-corrected chi connectivity index (χ0v) is 12.7. The van der Waals surface area contributed by atoms with Crippen LogP contribution in [0.2, 0.25) is 0 Å². The first kappa shape index (κ1) is 16.4. The molecule has 2 rings (SSSR count). The third-order valence-electron chi connectivity index (χ3n) is 3.19. The fourth-order valence-electron chi connectivity index (χ4n) is 2.11. The van der Waals surface area contributed by atoms with Gasteiger partial charge in [-0.15, -0.1) is 0 Å². The highest BCUT2D eigenvalue weighted by Crippen LogP contribution is 2.12. The fraction of sp³-hybridized carbons (Fsp3) is 0.692. The first-order valence-corrected chi connectivity index (χ1v) is 8.62. The van der Waals surface area contributed by atoms with Crippen LogP contribution >= 0.6 is 0 Å². The largest absolute Gasteiger partial charge is 0.447 e. The van der Waals surface area contributed by atoms with E-state index in [2.05, 4.69) is 5.32 Å². The lowest BCUT2D eigenvalue weighted by molar-refractivity contribution is 0.0166. The van der Waals surface area contributed by atoms with E-state index >= 15 is 0 Å². The van der Waals surface area contributed by atoms with Crippen LogP contribution in [0.1, 0.15) is 25.0 Å². The minimum Gasteiger partial charge on any atom is -0.447 e. The molecule has 1 fully saturated rings. The number of nitrogens with two attached hydrogens (primary N) is 1. The molecule has 1 aliphatic heterocycles. The van der Waals surface area contributed by atoms with Crippen LogP contribution in [-0.2, 0) is 26.0 Å². The summed E-state index contributed by atoms with van der Waals surface area (Å²) in [6.45, 7) is 3.40. The van der Waals surface area contributed by atoms with Crippen molar-refractivity contribution in [3.05, 3.63) is 17.9 Å². The average Bonchev–Trinajstić information content (AvgIpc) is 3.07. The first-order chi connectivity index (χ1) is 10.1. The van der Waals surface area contributed by atoms with E-state index in [4.69, 9.17) is 19.0 Å². The molecule has 21 heavy (non-hydrogen) atoms. The summed E-state index contributed by atoms with van der Waals surface area (Å²) in [4.78, 5) is 0. The topological polar surface area (TPSA) is 104 Å². The van der Waals surface area contributed by atoms with E-state index in [0.717, 1.165) is 32.4 Å². The maximum absolute atomic E-state index is 11.0. The summed E-state index contributed by atoms with van der Waals surface area (Å²) in [6.07, 6.45) is 3.34. The van der Waals surface area contributed by atoms with E-state index in [9.17, 15) is 8.42 Å². The maximum Gasteiger partial charge on any atom is 0.271 e. The van der Waals surface area contributed by atoms with Crippen LogP contribution in [0.3, 0.4) is 0 Å². The van der Waals surface area contributed by atoms with Gasteiger partial charge in [-0.1, -0.05) is 0 Å². The van der Waals surface area contributed by atoms with Crippen LogP contribution in [-0.4, -0.2) is 40.9 Å². The second-order valence-electron chi connectivity index (χ2n) is 5.01. The van der Waals surface area contributed by atoms with Crippen LogP contribution in [0.15, 0.2) is 21.6 Å². The van der Waals surface area contributed by atoms with Crippen molar-refractivity contribution in [3.8, 4) is 0 Å². The molecule has 8 heteroatoms. The van der Waals surface area contributed by atoms with Crippen molar-refractivity contribution in [3.63, 3.8) is 0 Å². The Balaban J connectivity index is 1.52. The van der Waals surface area contributed by atoms with Crippen molar-refractivity contribution < 1.29 is 22.3 Å². The molecule has 0 saturated carbocycles. The number of furan rings is 1. The highest BCUT2D eigenvalue weighted by atomic mass is 32.2. The molecule has 1 aliphatic rings. The van der Waals surface area contributed by atoms with Crippen molar-refractivity contribution in [1.29, 1.82) is 0 Å². The molecule has 120 valence electrons. The predicted octanol–water partition coefficient (Wildman–Crippen LogP) is 0.602. The van der Waals surface area contributed by atoms with Gasteiger partial charge in [-0.25, -0.2) is 13.6 Å². The highest BCUT2D eigenvalue weighted by Gasteiger charge is 2.15. The Morgan fingerprint density at radius 2 is 2.29 bits per heavy atom. The Morgan fingerprint density at radius 3 is 2.95 bits per heavy atom. The lowest BCUT2D eigenvalue weighted by Crippen LogP contribution is -2.18. The van der Waals surface area contributed by atoms with Gasteiger partial charge in [0.25, 0.3) is 10.0 Å². The Bertz CT molecular complexity index is 522. The van der Waals surface area contributed by atoms with Gasteiger partial charge in [-0.05, 0) is 37.9 Å². The van der Waals surface area contributed by atoms with Gasteiger partial charge in [0.2, 0.25) is 5.09 Å². The molecule has 1 atom stereocenters. The number of hydrogen-bond donors (Lipinski definition) is 2. The van der Waals surface area contributed by atoms with Crippen LogP contribution in [0.4, 0.5) is 0 Å². The molecule has 2 heterocycles. The molecule has 0 spiro atoms. The number of sulfonamides is 1. The van der Waals surface area contributed by atoms with Crippen molar-refractivity contribution in [1.82, 2.24) is 5.32 Å². The molecular weight excluding hydrogens is 296 g/mol. The monoisotopic (exact) mass is 318 g/mol. The minimum absolute atomic E-state index is 0.209. The molecule has 0 aromatic carbocycles. The molecule has 0 amide bonds. The van der Waals surface area contributed by atoms with Gasteiger partial charge >= 0.3 is 0 Å². The van der Waals surface area contributed by atoms with Crippen molar-refractivity contribution in [2.75, 3.05) is 26.4 Å². The fourth-order valence-corrected chi connectivity index (χ4v) is 2.59. The Labute approximate surface area is 124 Å². The van der Waals surface area contributed by atoms with Crippen LogP contribution in [0, 0.1) is 0 Å². The predicted molar refractivity (Wildman–Crippen MR) is 76.2 cm³/mol. The van der Waals surface area contributed by atoms with Crippen molar-refractivity contribution in [2.45, 2.75) is 37.0 Å². The van der Waals surface area contributed by atoms with E-state index in [1.807, 2.05) is 0 Å². The molecular formula is C13H22N2O5S. The summed E-state index contributed by atoms with van der Waals surface area (Å²) in [5.74, 6) is 0.541. The van der Waals surface area contributed by atoms with Gasteiger partial charge in [0, 0.05) is 13.2 Å². The molecule has 1 aromatic rings. The van der Waals surface area contributed by atoms with Gasteiger partial charge in [0.1, 0.15) is 5.76 Å². The average molecular weight is 318 g/mol. The quantitative estimate of drug-likeness (QED) is 0.646. The van der Waals surface area contributed by atoms with E-state index < -0.39 is 10.0 Å². The van der Waals surface area contributed by atoms with Crippen LogP contribution in [0.25, 0.3) is 0 Å². The normalized spacial score (nSPS) is 19.2. The molecule has 0 radical (unpaired) electrons. The summed E-state index contributed by atoms with van der Waals surface area (Å²) in [5, 5.41) is 7.91. The second-order valence-corrected chi connectivity index (χ2v) is 6.50. The van der Waals surface area contributed by atoms with E-state index in [-0.39, 0.29) is 11.2 Å². The highest BCUT2D eigenvalue weighted by molar-refractivity contribution is 7.89. The second kappa shape index (κ2) is 7.90. The molecule has 1 aromatic heterocycles.